The number of methoxy groups -OCH3 is 1. The number of esters is 1. The van der Waals surface area contributed by atoms with E-state index in [1.807, 2.05) is 0 Å². The normalized spacial score (nSPS) is 11.8. The Morgan fingerprint density at radius 1 is 1.28 bits per heavy atom. The summed E-state index contributed by atoms with van der Waals surface area (Å²) in [6.07, 6.45) is -4.70. The molecular weight excluding hydrogens is 403 g/mol. The van der Waals surface area contributed by atoms with Crippen molar-refractivity contribution >= 4 is 33.0 Å². The Hall–Kier alpha value is -2.35. The van der Waals surface area contributed by atoms with Crippen LogP contribution in [0.15, 0.2) is 39.2 Å². The molecule has 0 bridgehead atoms. The van der Waals surface area contributed by atoms with Crippen molar-refractivity contribution in [1.82, 2.24) is 4.98 Å². The lowest BCUT2D eigenvalue weighted by Crippen LogP contribution is -2.09. The Balaban J connectivity index is 2.29. The third-order valence-corrected chi connectivity index (χ3v) is 4.57. The highest BCUT2D eigenvalue weighted by atomic mass is 79.9. The van der Waals surface area contributed by atoms with Crippen LogP contribution in [0.2, 0.25) is 0 Å². The topological polar surface area (TPSA) is 52.3 Å². The zero-order valence-corrected chi connectivity index (χ0v) is 14.7. The van der Waals surface area contributed by atoms with Gasteiger partial charge in [0.2, 0.25) is 5.89 Å². The Labute approximate surface area is 148 Å². The first kappa shape index (κ1) is 17.5. The number of benzene rings is 2. The number of halogens is 4. The Bertz CT molecular complexity index is 979. The van der Waals surface area contributed by atoms with Crippen LogP contribution in [0.25, 0.3) is 22.6 Å². The molecule has 3 rings (SSSR count). The molecule has 1 aromatic heterocycles. The molecule has 0 atom stereocenters. The first-order chi connectivity index (χ1) is 11.7. The minimum Gasteiger partial charge on any atom is -0.465 e. The number of alkyl halides is 3. The lowest BCUT2D eigenvalue weighted by molar-refractivity contribution is -0.136. The molecule has 0 spiro atoms. The van der Waals surface area contributed by atoms with Crippen molar-refractivity contribution < 1.29 is 27.1 Å². The number of oxazole rings is 1. The predicted molar refractivity (Wildman–Crippen MR) is 88.2 cm³/mol. The summed E-state index contributed by atoms with van der Waals surface area (Å²) < 4.78 is 50.8. The Morgan fingerprint density at radius 2 is 2.00 bits per heavy atom. The summed E-state index contributed by atoms with van der Waals surface area (Å²) in [5, 5.41) is 0. The van der Waals surface area contributed by atoms with Crippen LogP contribution in [0.1, 0.15) is 21.5 Å². The van der Waals surface area contributed by atoms with Crippen molar-refractivity contribution in [3.05, 3.63) is 51.5 Å². The van der Waals surface area contributed by atoms with Gasteiger partial charge < -0.3 is 9.15 Å². The molecule has 0 amide bonds. The predicted octanol–water partition coefficient (Wildman–Crippen LogP) is 5.37. The van der Waals surface area contributed by atoms with Gasteiger partial charge in [-0.15, -0.1) is 0 Å². The molecule has 4 nitrogen and oxygen atoms in total. The zero-order chi connectivity index (χ0) is 18.4. The van der Waals surface area contributed by atoms with E-state index in [2.05, 4.69) is 25.7 Å². The van der Waals surface area contributed by atoms with Gasteiger partial charge in [-0.3, -0.25) is 0 Å². The molecule has 0 radical (unpaired) electrons. The van der Waals surface area contributed by atoms with Crippen LogP contribution >= 0.6 is 15.9 Å². The molecule has 3 aromatic rings. The highest BCUT2D eigenvalue weighted by Crippen LogP contribution is 2.38. The summed E-state index contributed by atoms with van der Waals surface area (Å²) in [7, 11) is 1.10. The maximum atomic E-state index is 13.4. The van der Waals surface area contributed by atoms with Crippen molar-refractivity contribution in [1.29, 1.82) is 0 Å². The second-order valence-electron chi connectivity index (χ2n) is 5.29. The fourth-order valence-corrected chi connectivity index (χ4v) is 2.80. The van der Waals surface area contributed by atoms with Crippen LogP contribution in [0.4, 0.5) is 13.2 Å². The van der Waals surface area contributed by atoms with Gasteiger partial charge in [-0.2, -0.15) is 13.2 Å². The second-order valence-corrected chi connectivity index (χ2v) is 6.15. The van der Waals surface area contributed by atoms with E-state index in [-0.39, 0.29) is 17.0 Å². The van der Waals surface area contributed by atoms with Gasteiger partial charge in [0.25, 0.3) is 0 Å². The monoisotopic (exact) mass is 413 g/mol. The smallest absolute Gasteiger partial charge is 0.420 e. The van der Waals surface area contributed by atoms with Crippen molar-refractivity contribution in [3.8, 4) is 11.5 Å². The molecule has 25 heavy (non-hydrogen) atoms. The van der Waals surface area contributed by atoms with Gasteiger partial charge in [0.15, 0.2) is 5.58 Å². The molecule has 1 heterocycles. The standard InChI is InChI=1S/C17H11BrF3NO3/c1-8-10(4-3-5-12(8)18)15-22-13-7-9(16(23)24-2)6-11(14(13)25-15)17(19,20)21/h3-7H,1-2H3. The highest BCUT2D eigenvalue weighted by Gasteiger charge is 2.36. The number of ether oxygens (including phenoxy) is 1. The average Bonchev–Trinajstić information content (AvgIpc) is 2.98. The van der Waals surface area contributed by atoms with Crippen LogP contribution < -0.4 is 0 Å². The van der Waals surface area contributed by atoms with E-state index in [1.54, 1.807) is 25.1 Å². The Morgan fingerprint density at radius 3 is 2.64 bits per heavy atom. The van der Waals surface area contributed by atoms with Crippen molar-refractivity contribution in [3.63, 3.8) is 0 Å². The highest BCUT2D eigenvalue weighted by molar-refractivity contribution is 9.10. The molecule has 0 unspecified atom stereocenters. The van der Waals surface area contributed by atoms with Gasteiger partial charge in [-0.1, -0.05) is 22.0 Å². The summed E-state index contributed by atoms with van der Waals surface area (Å²) in [5.41, 5.74) is -0.474. The molecule has 0 aliphatic carbocycles. The maximum Gasteiger partial charge on any atom is 0.420 e. The number of rotatable bonds is 2. The van der Waals surface area contributed by atoms with Crippen LogP contribution in [0.5, 0.6) is 0 Å². The van der Waals surface area contributed by atoms with Gasteiger partial charge in [0.05, 0.1) is 12.7 Å². The van der Waals surface area contributed by atoms with E-state index in [1.165, 1.54) is 6.07 Å². The number of hydrogen-bond donors (Lipinski definition) is 0. The quantitative estimate of drug-likeness (QED) is 0.529. The summed E-state index contributed by atoms with van der Waals surface area (Å²) in [5.74, 6) is -0.836. The molecule has 8 heteroatoms. The van der Waals surface area contributed by atoms with Gasteiger partial charge >= 0.3 is 12.1 Å². The largest absolute Gasteiger partial charge is 0.465 e. The van der Waals surface area contributed by atoms with Gasteiger partial charge in [-0.25, -0.2) is 9.78 Å². The van der Waals surface area contributed by atoms with Crippen LogP contribution in [0, 0.1) is 6.92 Å². The number of carbonyl (C=O) groups excluding carboxylic acids is 1. The number of nitrogens with zero attached hydrogens (tertiary/aromatic N) is 1. The molecular formula is C17H11BrF3NO3. The van der Waals surface area contributed by atoms with Gasteiger partial charge in [0, 0.05) is 10.0 Å². The van der Waals surface area contributed by atoms with E-state index >= 15 is 0 Å². The molecule has 0 N–H and O–H groups in total. The minimum absolute atomic E-state index is 0.0429. The van der Waals surface area contributed by atoms with Gasteiger partial charge in [-0.05, 0) is 36.8 Å². The molecule has 0 aliphatic rings. The first-order valence-corrected chi connectivity index (χ1v) is 7.87. The van der Waals surface area contributed by atoms with Crippen LogP contribution in [-0.2, 0) is 10.9 Å². The van der Waals surface area contributed by atoms with E-state index < -0.39 is 23.3 Å². The third kappa shape index (κ3) is 3.13. The fourth-order valence-electron chi connectivity index (χ4n) is 2.43. The van der Waals surface area contributed by atoms with Crippen molar-refractivity contribution in [2.75, 3.05) is 7.11 Å². The Kier molecular flexibility index (Phi) is 4.32. The molecule has 0 aliphatic heterocycles. The second kappa shape index (κ2) is 6.18. The number of aromatic nitrogens is 1. The van der Waals surface area contributed by atoms with E-state index in [0.29, 0.717) is 11.6 Å². The van der Waals surface area contributed by atoms with E-state index in [4.69, 9.17) is 4.42 Å². The number of hydrogen-bond acceptors (Lipinski definition) is 4. The molecule has 2 aromatic carbocycles. The maximum absolute atomic E-state index is 13.4. The van der Waals surface area contributed by atoms with Gasteiger partial charge in [0.1, 0.15) is 11.1 Å². The minimum atomic E-state index is -4.70. The SMILES string of the molecule is COC(=O)c1cc(C(F)(F)F)c2oc(-c3cccc(Br)c3C)nc2c1. The summed E-state index contributed by atoms with van der Waals surface area (Å²) in [4.78, 5) is 15.8. The lowest BCUT2D eigenvalue weighted by atomic mass is 10.1. The van der Waals surface area contributed by atoms with E-state index in [0.717, 1.165) is 17.1 Å². The first-order valence-electron chi connectivity index (χ1n) is 7.08. The lowest BCUT2D eigenvalue weighted by Gasteiger charge is -2.08. The average molecular weight is 414 g/mol. The molecule has 0 saturated carbocycles. The van der Waals surface area contributed by atoms with Crippen LogP contribution in [-0.4, -0.2) is 18.1 Å². The van der Waals surface area contributed by atoms with Crippen LogP contribution in [0.3, 0.4) is 0 Å². The summed E-state index contributed by atoms with van der Waals surface area (Å²) >= 11 is 3.36. The summed E-state index contributed by atoms with van der Waals surface area (Å²) in [6, 6.07) is 7.15. The summed E-state index contributed by atoms with van der Waals surface area (Å²) in [6.45, 7) is 1.79. The van der Waals surface area contributed by atoms with Crippen molar-refractivity contribution in [2.24, 2.45) is 0 Å². The fraction of sp³-hybridized carbons (Fsp3) is 0.176. The molecule has 0 saturated heterocycles. The van der Waals surface area contributed by atoms with E-state index in [9.17, 15) is 18.0 Å². The molecule has 0 fully saturated rings. The zero-order valence-electron chi connectivity index (χ0n) is 13.1. The number of carbonyl (C=O) groups is 1. The third-order valence-electron chi connectivity index (χ3n) is 3.71. The van der Waals surface area contributed by atoms with Crippen molar-refractivity contribution in [2.45, 2.75) is 13.1 Å². The molecule has 130 valence electrons. The number of fused-ring (bicyclic) bond motifs is 1.